The van der Waals surface area contributed by atoms with Crippen LogP contribution in [0.3, 0.4) is 0 Å². The molecule has 0 N–H and O–H groups in total. The maximum absolute atomic E-state index is 10.9. The van der Waals surface area contributed by atoms with Gasteiger partial charge in [-0.05, 0) is 17.5 Å². The van der Waals surface area contributed by atoms with E-state index in [0.717, 1.165) is 23.0 Å². The number of aldehydes is 1. The largest absolute Gasteiger partial charge is 0.340 e. The number of fused-ring (bicyclic) bond motifs is 1. The lowest BCUT2D eigenvalue weighted by Crippen LogP contribution is -2.05. The molecule has 0 spiro atoms. The van der Waals surface area contributed by atoms with E-state index < -0.39 is 0 Å². The molecule has 0 amide bonds. The molecular formula is C14H12ClN3O. The first-order chi connectivity index (χ1) is 9.19. The summed E-state index contributed by atoms with van der Waals surface area (Å²) in [6, 6.07) is 7.67. The van der Waals surface area contributed by atoms with Crippen molar-refractivity contribution >= 4 is 28.8 Å². The normalized spacial score (nSPS) is 11.1. The molecule has 3 aromatic rings. The first-order valence-corrected chi connectivity index (χ1v) is 6.27. The molecule has 0 aliphatic heterocycles. The highest BCUT2D eigenvalue weighted by atomic mass is 35.5. The van der Waals surface area contributed by atoms with Crippen molar-refractivity contribution in [3.8, 4) is 0 Å². The molecule has 3 rings (SSSR count). The molecule has 0 fully saturated rings. The minimum Gasteiger partial charge on any atom is -0.340 e. The highest BCUT2D eigenvalue weighted by molar-refractivity contribution is 6.29. The number of nitrogens with zero attached hydrogens (tertiary/aromatic N) is 3. The summed E-state index contributed by atoms with van der Waals surface area (Å²) in [4.78, 5) is 15.1. The Bertz CT molecular complexity index is 757. The van der Waals surface area contributed by atoms with Gasteiger partial charge in [-0.3, -0.25) is 4.79 Å². The molecule has 96 valence electrons. The summed E-state index contributed by atoms with van der Waals surface area (Å²) in [5, 5.41) is 1.71. The smallest absolute Gasteiger partial charge is 0.150 e. The Morgan fingerprint density at radius 3 is 2.89 bits per heavy atom. The van der Waals surface area contributed by atoms with Gasteiger partial charge in [0, 0.05) is 24.3 Å². The number of halogens is 1. The molecule has 5 heteroatoms. The lowest BCUT2D eigenvalue weighted by molar-refractivity contribution is 0.112. The number of aromatic nitrogens is 3. The number of imidazole rings is 1. The molecule has 2 aromatic heterocycles. The van der Waals surface area contributed by atoms with E-state index in [1.807, 2.05) is 42.1 Å². The van der Waals surface area contributed by atoms with Crippen molar-refractivity contribution in [3.05, 3.63) is 53.2 Å². The van der Waals surface area contributed by atoms with Gasteiger partial charge in [0.15, 0.2) is 0 Å². The number of rotatable bonds is 3. The molecular weight excluding hydrogens is 262 g/mol. The quantitative estimate of drug-likeness (QED) is 0.689. The van der Waals surface area contributed by atoms with Crippen LogP contribution in [0, 0.1) is 0 Å². The fourth-order valence-electron chi connectivity index (χ4n) is 2.14. The van der Waals surface area contributed by atoms with E-state index in [4.69, 9.17) is 11.6 Å². The predicted octanol–water partition coefficient (Wildman–Crippen LogP) is 2.89. The first-order valence-electron chi connectivity index (χ1n) is 5.89. The van der Waals surface area contributed by atoms with E-state index in [0.29, 0.717) is 17.3 Å². The molecule has 19 heavy (non-hydrogen) atoms. The molecule has 1 aromatic carbocycles. The SMILES string of the molecule is Cn1c(Cl)cnc1Cn1ccc2ccc(C=O)cc21. The second-order valence-corrected chi connectivity index (χ2v) is 4.82. The number of hydrogen-bond donors (Lipinski definition) is 0. The topological polar surface area (TPSA) is 39.8 Å². The fraction of sp³-hybridized carbons (Fsp3) is 0.143. The van der Waals surface area contributed by atoms with Crippen LogP contribution in [0.1, 0.15) is 16.2 Å². The van der Waals surface area contributed by atoms with Crippen LogP contribution in [0.5, 0.6) is 0 Å². The Morgan fingerprint density at radius 1 is 1.37 bits per heavy atom. The van der Waals surface area contributed by atoms with Crippen molar-refractivity contribution in [1.82, 2.24) is 14.1 Å². The molecule has 0 radical (unpaired) electrons. The van der Waals surface area contributed by atoms with Crippen LogP contribution in [-0.4, -0.2) is 20.4 Å². The van der Waals surface area contributed by atoms with Gasteiger partial charge >= 0.3 is 0 Å². The monoisotopic (exact) mass is 273 g/mol. The van der Waals surface area contributed by atoms with Crippen molar-refractivity contribution in [2.45, 2.75) is 6.54 Å². The van der Waals surface area contributed by atoms with Crippen LogP contribution in [0.2, 0.25) is 5.15 Å². The van der Waals surface area contributed by atoms with Gasteiger partial charge in [-0.2, -0.15) is 0 Å². The number of carbonyl (C=O) groups is 1. The molecule has 0 bridgehead atoms. The summed E-state index contributed by atoms with van der Waals surface area (Å²) in [5.41, 5.74) is 1.69. The van der Waals surface area contributed by atoms with Gasteiger partial charge in [0.25, 0.3) is 0 Å². The third kappa shape index (κ3) is 2.04. The molecule has 0 aliphatic rings. The fourth-order valence-corrected chi connectivity index (χ4v) is 2.28. The Balaban J connectivity index is 2.05. The van der Waals surface area contributed by atoms with E-state index in [2.05, 4.69) is 9.55 Å². The molecule has 0 saturated heterocycles. The van der Waals surface area contributed by atoms with Crippen molar-refractivity contribution < 1.29 is 4.79 Å². The predicted molar refractivity (Wildman–Crippen MR) is 74.6 cm³/mol. The number of carbonyl (C=O) groups excluding carboxylic acids is 1. The zero-order valence-corrected chi connectivity index (χ0v) is 11.1. The second kappa shape index (κ2) is 4.55. The number of benzene rings is 1. The Hall–Kier alpha value is -2.07. The van der Waals surface area contributed by atoms with E-state index in [9.17, 15) is 4.79 Å². The van der Waals surface area contributed by atoms with E-state index >= 15 is 0 Å². The zero-order chi connectivity index (χ0) is 13.4. The summed E-state index contributed by atoms with van der Waals surface area (Å²) in [5.74, 6) is 0.874. The average Bonchev–Trinajstić information content (AvgIpc) is 2.97. The lowest BCUT2D eigenvalue weighted by Gasteiger charge is -2.06. The highest BCUT2D eigenvalue weighted by Crippen LogP contribution is 2.19. The van der Waals surface area contributed by atoms with E-state index in [1.165, 1.54) is 0 Å². The van der Waals surface area contributed by atoms with Gasteiger partial charge in [0.05, 0.1) is 12.7 Å². The van der Waals surface area contributed by atoms with Crippen LogP contribution < -0.4 is 0 Å². The van der Waals surface area contributed by atoms with Crippen LogP contribution in [0.4, 0.5) is 0 Å². The third-order valence-electron chi connectivity index (χ3n) is 3.27. The van der Waals surface area contributed by atoms with Gasteiger partial charge in [-0.25, -0.2) is 4.98 Å². The maximum Gasteiger partial charge on any atom is 0.150 e. The van der Waals surface area contributed by atoms with Crippen molar-refractivity contribution in [3.63, 3.8) is 0 Å². The van der Waals surface area contributed by atoms with Crippen LogP contribution in [0.15, 0.2) is 36.7 Å². The highest BCUT2D eigenvalue weighted by Gasteiger charge is 2.08. The minimum absolute atomic E-state index is 0.611. The van der Waals surface area contributed by atoms with Crippen molar-refractivity contribution in [2.75, 3.05) is 0 Å². The van der Waals surface area contributed by atoms with Gasteiger partial charge in [0.1, 0.15) is 17.3 Å². The van der Waals surface area contributed by atoms with E-state index in [-0.39, 0.29) is 0 Å². The lowest BCUT2D eigenvalue weighted by atomic mass is 10.2. The van der Waals surface area contributed by atoms with Gasteiger partial charge in [-0.15, -0.1) is 0 Å². The third-order valence-corrected chi connectivity index (χ3v) is 3.62. The summed E-state index contributed by atoms with van der Waals surface area (Å²) < 4.78 is 3.90. The second-order valence-electron chi connectivity index (χ2n) is 4.44. The molecule has 2 heterocycles. The maximum atomic E-state index is 10.9. The van der Waals surface area contributed by atoms with Crippen molar-refractivity contribution in [1.29, 1.82) is 0 Å². The average molecular weight is 274 g/mol. The summed E-state index contributed by atoms with van der Waals surface area (Å²) in [6.07, 6.45) is 4.48. The molecule has 0 atom stereocenters. The molecule has 0 aliphatic carbocycles. The Morgan fingerprint density at radius 2 is 2.21 bits per heavy atom. The summed E-state index contributed by atoms with van der Waals surface area (Å²) >= 11 is 5.98. The van der Waals surface area contributed by atoms with Gasteiger partial charge in [0.2, 0.25) is 0 Å². The standard InChI is InChI=1S/C14H12ClN3O/c1-17-13(15)7-16-14(17)8-18-5-4-11-3-2-10(9-19)6-12(11)18/h2-7,9H,8H2,1H3. The van der Waals surface area contributed by atoms with Crippen LogP contribution in [-0.2, 0) is 13.6 Å². The first kappa shape index (κ1) is 12.0. The molecule has 0 saturated carbocycles. The number of hydrogen-bond acceptors (Lipinski definition) is 2. The summed E-state index contributed by atoms with van der Waals surface area (Å²) in [7, 11) is 1.88. The van der Waals surface area contributed by atoms with Gasteiger partial charge < -0.3 is 9.13 Å². The molecule has 4 nitrogen and oxygen atoms in total. The van der Waals surface area contributed by atoms with E-state index in [1.54, 1.807) is 6.20 Å². The van der Waals surface area contributed by atoms with Crippen LogP contribution in [0.25, 0.3) is 10.9 Å². The minimum atomic E-state index is 0.611. The van der Waals surface area contributed by atoms with Gasteiger partial charge in [-0.1, -0.05) is 23.7 Å². The van der Waals surface area contributed by atoms with Crippen molar-refractivity contribution in [2.24, 2.45) is 7.05 Å². The molecule has 0 unspecified atom stereocenters. The summed E-state index contributed by atoms with van der Waals surface area (Å²) in [6.45, 7) is 0.620. The Kier molecular flexibility index (Phi) is 2.87. The Labute approximate surface area is 115 Å². The zero-order valence-electron chi connectivity index (χ0n) is 10.4. The van der Waals surface area contributed by atoms with Crippen LogP contribution >= 0.6 is 11.6 Å².